The lowest BCUT2D eigenvalue weighted by Gasteiger charge is -2.33. The first-order valence-corrected chi connectivity index (χ1v) is 5.78. The van der Waals surface area contributed by atoms with Gasteiger partial charge in [0.25, 0.3) is 0 Å². The van der Waals surface area contributed by atoms with Gasteiger partial charge in [-0.15, -0.1) is 0 Å². The Bertz CT molecular complexity index is 287. The maximum Gasteiger partial charge on any atom is 0.325 e. The van der Waals surface area contributed by atoms with E-state index in [-0.39, 0.29) is 5.41 Å². The van der Waals surface area contributed by atoms with E-state index >= 15 is 0 Å². The predicted octanol–water partition coefficient (Wildman–Crippen LogP) is 0.575. The van der Waals surface area contributed by atoms with Crippen LogP contribution in [0.15, 0.2) is 0 Å². The summed E-state index contributed by atoms with van der Waals surface area (Å²) in [6.45, 7) is 5.49. The standard InChI is InChI=1S/C11H20N2O4/c1-8(9(14)15)13-10(16)12-7-11(2)3-5-17-6-4-11/h8H,3-7H2,1-2H3,(H,14,15)(H2,12,13,16). The third kappa shape index (κ3) is 4.60. The number of carboxylic acid groups (broad SMARTS) is 1. The second-order valence-electron chi connectivity index (χ2n) is 4.81. The lowest BCUT2D eigenvalue weighted by atomic mass is 9.82. The number of urea groups is 1. The van der Waals surface area contributed by atoms with Gasteiger partial charge in [0.2, 0.25) is 0 Å². The molecule has 1 saturated heterocycles. The minimum atomic E-state index is -1.04. The van der Waals surface area contributed by atoms with Crippen LogP contribution in [0.5, 0.6) is 0 Å². The number of hydrogen-bond donors (Lipinski definition) is 3. The molecule has 0 bridgehead atoms. The molecule has 98 valence electrons. The van der Waals surface area contributed by atoms with E-state index in [1.54, 1.807) is 0 Å². The Labute approximate surface area is 101 Å². The third-order valence-corrected chi connectivity index (χ3v) is 3.09. The molecule has 1 atom stereocenters. The van der Waals surface area contributed by atoms with Crippen molar-refractivity contribution in [2.75, 3.05) is 19.8 Å². The molecule has 0 aromatic heterocycles. The Kier molecular flexibility index (Phi) is 4.74. The largest absolute Gasteiger partial charge is 0.480 e. The van der Waals surface area contributed by atoms with E-state index in [4.69, 9.17) is 9.84 Å². The summed E-state index contributed by atoms with van der Waals surface area (Å²) < 4.78 is 5.26. The van der Waals surface area contributed by atoms with Gasteiger partial charge in [-0.05, 0) is 25.2 Å². The van der Waals surface area contributed by atoms with Gasteiger partial charge in [0.15, 0.2) is 0 Å². The van der Waals surface area contributed by atoms with Crippen LogP contribution in [0.4, 0.5) is 4.79 Å². The van der Waals surface area contributed by atoms with E-state index in [0.717, 1.165) is 12.8 Å². The van der Waals surface area contributed by atoms with Crippen molar-refractivity contribution in [1.82, 2.24) is 10.6 Å². The smallest absolute Gasteiger partial charge is 0.325 e. The molecule has 1 rings (SSSR count). The van der Waals surface area contributed by atoms with Gasteiger partial charge in [0.05, 0.1) is 0 Å². The Morgan fingerprint density at radius 1 is 1.41 bits per heavy atom. The van der Waals surface area contributed by atoms with Crippen molar-refractivity contribution in [1.29, 1.82) is 0 Å². The van der Waals surface area contributed by atoms with Crippen LogP contribution in [0, 0.1) is 5.41 Å². The molecule has 3 N–H and O–H groups in total. The van der Waals surface area contributed by atoms with Crippen LogP contribution in [0.25, 0.3) is 0 Å². The van der Waals surface area contributed by atoms with Crippen LogP contribution in [0.3, 0.4) is 0 Å². The number of aliphatic carboxylic acids is 1. The number of carboxylic acids is 1. The van der Waals surface area contributed by atoms with Crippen molar-refractivity contribution in [2.45, 2.75) is 32.7 Å². The first-order valence-electron chi connectivity index (χ1n) is 5.78. The van der Waals surface area contributed by atoms with Gasteiger partial charge in [-0.1, -0.05) is 6.92 Å². The van der Waals surface area contributed by atoms with Gasteiger partial charge in [0, 0.05) is 19.8 Å². The molecule has 6 heteroatoms. The van der Waals surface area contributed by atoms with E-state index in [0.29, 0.717) is 19.8 Å². The van der Waals surface area contributed by atoms with Crippen molar-refractivity contribution < 1.29 is 19.4 Å². The lowest BCUT2D eigenvalue weighted by Crippen LogP contribution is -2.48. The van der Waals surface area contributed by atoms with Crippen molar-refractivity contribution in [3.8, 4) is 0 Å². The summed E-state index contributed by atoms with van der Waals surface area (Å²) in [5.74, 6) is -1.04. The Hall–Kier alpha value is -1.30. The molecular formula is C11H20N2O4. The fourth-order valence-electron chi connectivity index (χ4n) is 1.64. The highest BCUT2D eigenvalue weighted by Gasteiger charge is 2.28. The van der Waals surface area contributed by atoms with Crippen LogP contribution in [-0.4, -0.2) is 42.9 Å². The third-order valence-electron chi connectivity index (χ3n) is 3.09. The fraction of sp³-hybridized carbons (Fsp3) is 0.818. The number of nitrogens with one attached hydrogen (secondary N) is 2. The van der Waals surface area contributed by atoms with Gasteiger partial charge < -0.3 is 20.5 Å². The van der Waals surface area contributed by atoms with E-state index in [1.165, 1.54) is 6.92 Å². The van der Waals surface area contributed by atoms with Crippen molar-refractivity contribution in [3.63, 3.8) is 0 Å². The zero-order valence-corrected chi connectivity index (χ0v) is 10.3. The highest BCUT2D eigenvalue weighted by molar-refractivity contribution is 5.82. The van der Waals surface area contributed by atoms with Crippen LogP contribution in [0.1, 0.15) is 26.7 Å². The molecule has 17 heavy (non-hydrogen) atoms. The van der Waals surface area contributed by atoms with Gasteiger partial charge in [-0.3, -0.25) is 4.79 Å². The van der Waals surface area contributed by atoms with Crippen molar-refractivity contribution >= 4 is 12.0 Å². The highest BCUT2D eigenvalue weighted by Crippen LogP contribution is 2.28. The fourth-order valence-corrected chi connectivity index (χ4v) is 1.64. The number of carbonyl (C=O) groups excluding carboxylic acids is 1. The van der Waals surface area contributed by atoms with Crippen molar-refractivity contribution in [2.24, 2.45) is 5.41 Å². The SMILES string of the molecule is CC(NC(=O)NCC1(C)CCOCC1)C(=O)O. The Morgan fingerprint density at radius 2 is 2.00 bits per heavy atom. The molecule has 1 fully saturated rings. The predicted molar refractivity (Wildman–Crippen MR) is 61.8 cm³/mol. The molecule has 0 spiro atoms. The first kappa shape index (κ1) is 13.8. The molecule has 0 aromatic rings. The maximum absolute atomic E-state index is 11.4. The average Bonchev–Trinajstić information content (AvgIpc) is 2.27. The van der Waals surface area contributed by atoms with Gasteiger partial charge in [-0.25, -0.2) is 4.79 Å². The summed E-state index contributed by atoms with van der Waals surface area (Å²) >= 11 is 0. The zero-order chi connectivity index (χ0) is 12.9. The number of ether oxygens (including phenoxy) is 1. The first-order chi connectivity index (χ1) is 7.93. The Balaban J connectivity index is 2.29. The van der Waals surface area contributed by atoms with E-state index < -0.39 is 18.0 Å². The number of amides is 2. The second-order valence-corrected chi connectivity index (χ2v) is 4.81. The van der Waals surface area contributed by atoms with Gasteiger partial charge in [-0.2, -0.15) is 0 Å². The second kappa shape index (κ2) is 5.86. The van der Waals surface area contributed by atoms with Crippen LogP contribution in [0.2, 0.25) is 0 Å². The number of carbonyl (C=O) groups is 2. The summed E-state index contributed by atoms with van der Waals surface area (Å²) in [6.07, 6.45) is 1.81. The molecule has 2 amide bonds. The Morgan fingerprint density at radius 3 is 2.53 bits per heavy atom. The zero-order valence-electron chi connectivity index (χ0n) is 10.3. The summed E-state index contributed by atoms with van der Waals surface area (Å²) in [7, 11) is 0. The molecule has 0 aliphatic carbocycles. The quantitative estimate of drug-likeness (QED) is 0.675. The van der Waals surface area contributed by atoms with Crippen molar-refractivity contribution in [3.05, 3.63) is 0 Å². The molecular weight excluding hydrogens is 224 g/mol. The summed E-state index contributed by atoms with van der Waals surface area (Å²) in [6, 6.07) is -1.31. The summed E-state index contributed by atoms with van der Waals surface area (Å²) in [4.78, 5) is 22.0. The summed E-state index contributed by atoms with van der Waals surface area (Å²) in [5, 5.41) is 13.7. The molecule has 1 unspecified atom stereocenters. The normalized spacial score (nSPS) is 20.4. The van der Waals surface area contributed by atoms with Gasteiger partial charge in [0.1, 0.15) is 6.04 Å². The molecule has 1 aliphatic heterocycles. The van der Waals surface area contributed by atoms with Crippen LogP contribution >= 0.6 is 0 Å². The minimum absolute atomic E-state index is 0.0437. The van der Waals surface area contributed by atoms with E-state index in [1.807, 2.05) is 0 Å². The van der Waals surface area contributed by atoms with E-state index in [9.17, 15) is 9.59 Å². The average molecular weight is 244 g/mol. The summed E-state index contributed by atoms with van der Waals surface area (Å²) in [5.41, 5.74) is 0.0437. The minimum Gasteiger partial charge on any atom is -0.480 e. The maximum atomic E-state index is 11.4. The van der Waals surface area contributed by atoms with Crippen LogP contribution < -0.4 is 10.6 Å². The molecule has 1 aliphatic rings. The molecule has 6 nitrogen and oxygen atoms in total. The monoisotopic (exact) mass is 244 g/mol. The number of hydrogen-bond acceptors (Lipinski definition) is 3. The van der Waals surface area contributed by atoms with Gasteiger partial charge >= 0.3 is 12.0 Å². The van der Waals surface area contributed by atoms with E-state index in [2.05, 4.69) is 17.6 Å². The molecule has 0 aromatic carbocycles. The van der Waals surface area contributed by atoms with Crippen LogP contribution in [-0.2, 0) is 9.53 Å². The molecule has 0 radical (unpaired) electrons. The molecule has 1 heterocycles. The lowest BCUT2D eigenvalue weighted by molar-refractivity contribution is -0.138. The highest BCUT2D eigenvalue weighted by atomic mass is 16.5. The molecule has 0 saturated carbocycles. The number of rotatable bonds is 4. The topological polar surface area (TPSA) is 87.7 Å².